The van der Waals surface area contributed by atoms with Crippen LogP contribution in [0.1, 0.15) is 0 Å². The Bertz CT molecular complexity index is 585. The number of rotatable bonds is 6. The normalized spacial score (nSPS) is 10.9. The Kier molecular flexibility index (Phi) is 4.84. The Hall–Kier alpha value is -2.13. The molecule has 1 aromatic carbocycles. The van der Waals surface area contributed by atoms with Gasteiger partial charge >= 0.3 is 0 Å². The van der Waals surface area contributed by atoms with Crippen LogP contribution in [0.5, 0.6) is 0 Å². The van der Waals surface area contributed by atoms with Gasteiger partial charge in [-0.15, -0.1) is 0 Å². The first-order valence-electron chi connectivity index (χ1n) is 5.21. The van der Waals surface area contributed by atoms with Crippen LogP contribution < -0.4 is 21.5 Å². The highest BCUT2D eigenvalue weighted by Gasteiger charge is 2.17. The third-order valence-electron chi connectivity index (χ3n) is 2.00. The molecule has 0 unspecified atom stereocenters. The molecule has 0 saturated carbocycles. The summed E-state index contributed by atoms with van der Waals surface area (Å²) in [4.78, 5) is 21.7. The van der Waals surface area contributed by atoms with Gasteiger partial charge in [-0.3, -0.25) is 14.9 Å². The molecule has 0 aliphatic heterocycles. The summed E-state index contributed by atoms with van der Waals surface area (Å²) in [7, 11) is -3.97. The number of amides is 2. The molecule has 0 atom stereocenters. The van der Waals surface area contributed by atoms with E-state index in [4.69, 9.17) is 11.5 Å². The smallest absolute Gasteiger partial charge is 0.264 e. The maximum Gasteiger partial charge on any atom is 0.264 e. The summed E-state index contributed by atoms with van der Waals surface area (Å²) >= 11 is 0. The fraction of sp³-hybridized carbons (Fsp3) is 0.200. The van der Waals surface area contributed by atoms with Crippen LogP contribution in [-0.2, 0) is 19.6 Å². The van der Waals surface area contributed by atoms with Crippen molar-refractivity contribution in [2.75, 3.05) is 18.8 Å². The maximum absolute atomic E-state index is 11.8. The Labute approximate surface area is 110 Å². The van der Waals surface area contributed by atoms with Gasteiger partial charge in [-0.1, -0.05) is 6.07 Å². The van der Waals surface area contributed by atoms with Gasteiger partial charge in [0.2, 0.25) is 11.8 Å². The monoisotopic (exact) mass is 286 g/mol. The van der Waals surface area contributed by atoms with Gasteiger partial charge in [0, 0.05) is 5.69 Å². The number of carbonyl (C=O) groups excluding carboxylic acids is 2. The number of nitrogens with two attached hydrogens (primary N) is 2. The van der Waals surface area contributed by atoms with Gasteiger partial charge in [0.25, 0.3) is 10.0 Å². The number of carbonyl (C=O) groups is 2. The average molecular weight is 286 g/mol. The number of hydrogen-bond donors (Lipinski definition) is 4. The molecule has 6 N–H and O–H groups in total. The molecular formula is C10H14N4O4S. The molecule has 8 nitrogen and oxygen atoms in total. The van der Waals surface area contributed by atoms with E-state index in [2.05, 4.69) is 5.32 Å². The zero-order valence-electron chi connectivity index (χ0n) is 9.92. The fourth-order valence-electron chi connectivity index (χ4n) is 1.23. The van der Waals surface area contributed by atoms with Crippen molar-refractivity contribution in [2.24, 2.45) is 5.73 Å². The summed E-state index contributed by atoms with van der Waals surface area (Å²) in [5.41, 5.74) is 10.6. The van der Waals surface area contributed by atoms with Crippen molar-refractivity contribution in [3.63, 3.8) is 0 Å². The van der Waals surface area contributed by atoms with Crippen LogP contribution in [0.15, 0.2) is 29.2 Å². The minimum absolute atomic E-state index is 0.115. The van der Waals surface area contributed by atoms with Crippen molar-refractivity contribution in [1.82, 2.24) is 10.0 Å². The van der Waals surface area contributed by atoms with Gasteiger partial charge in [-0.05, 0) is 18.2 Å². The van der Waals surface area contributed by atoms with Crippen LogP contribution in [0.4, 0.5) is 5.69 Å². The summed E-state index contributed by atoms with van der Waals surface area (Å²) in [5, 5.41) is 2.39. The Morgan fingerprint density at radius 3 is 2.47 bits per heavy atom. The summed E-state index contributed by atoms with van der Waals surface area (Å²) in [6.45, 7) is -0.559. The van der Waals surface area contributed by atoms with E-state index in [1.54, 1.807) is 0 Å². The van der Waals surface area contributed by atoms with Crippen molar-refractivity contribution in [3.05, 3.63) is 24.3 Å². The lowest BCUT2D eigenvalue weighted by Crippen LogP contribution is -2.40. The second kappa shape index (κ2) is 6.16. The first-order chi connectivity index (χ1) is 8.81. The van der Waals surface area contributed by atoms with Crippen molar-refractivity contribution in [1.29, 1.82) is 0 Å². The SMILES string of the molecule is NC(=O)CNCC(=O)NS(=O)(=O)c1cccc(N)c1. The van der Waals surface area contributed by atoms with E-state index in [1.165, 1.54) is 24.3 Å². The van der Waals surface area contributed by atoms with Gasteiger partial charge in [0.1, 0.15) is 0 Å². The largest absolute Gasteiger partial charge is 0.399 e. The topological polar surface area (TPSA) is 144 Å². The van der Waals surface area contributed by atoms with Gasteiger partial charge in [-0.25, -0.2) is 13.1 Å². The number of nitrogen functional groups attached to an aromatic ring is 1. The van der Waals surface area contributed by atoms with Crippen LogP contribution in [0, 0.1) is 0 Å². The molecule has 9 heteroatoms. The van der Waals surface area contributed by atoms with E-state index in [1.807, 2.05) is 4.72 Å². The van der Waals surface area contributed by atoms with Crippen LogP contribution in [0.2, 0.25) is 0 Å². The van der Waals surface area contributed by atoms with Gasteiger partial charge < -0.3 is 11.5 Å². The molecule has 0 bridgehead atoms. The molecule has 0 aliphatic rings. The second-order valence-corrected chi connectivity index (χ2v) is 5.35. The molecule has 2 amide bonds. The first kappa shape index (κ1) is 14.9. The van der Waals surface area contributed by atoms with Gasteiger partial charge in [0.15, 0.2) is 0 Å². The predicted molar refractivity (Wildman–Crippen MR) is 68.2 cm³/mol. The molecule has 0 saturated heterocycles. The van der Waals surface area contributed by atoms with Crippen LogP contribution in [-0.4, -0.2) is 33.3 Å². The average Bonchev–Trinajstić information content (AvgIpc) is 2.27. The highest BCUT2D eigenvalue weighted by atomic mass is 32.2. The molecule has 0 aliphatic carbocycles. The summed E-state index contributed by atoms with van der Waals surface area (Å²) in [5.74, 6) is -1.45. The summed E-state index contributed by atoms with van der Waals surface area (Å²) < 4.78 is 25.4. The van der Waals surface area contributed by atoms with Gasteiger partial charge in [0.05, 0.1) is 18.0 Å². The van der Waals surface area contributed by atoms with E-state index in [0.717, 1.165) is 0 Å². The van der Waals surface area contributed by atoms with E-state index in [-0.39, 0.29) is 23.7 Å². The van der Waals surface area contributed by atoms with Crippen molar-refractivity contribution < 1.29 is 18.0 Å². The molecule has 1 rings (SSSR count). The number of hydrogen-bond acceptors (Lipinski definition) is 6. The standard InChI is InChI=1S/C10H14N4O4S/c11-7-2-1-3-8(4-7)19(17,18)14-10(16)6-13-5-9(12)15/h1-4,13H,5-6,11H2,(H2,12,15)(H,14,16). The quantitative estimate of drug-likeness (QED) is 0.452. The second-order valence-electron chi connectivity index (χ2n) is 3.67. The number of nitrogens with one attached hydrogen (secondary N) is 2. The molecule has 1 aromatic rings. The number of anilines is 1. The third kappa shape index (κ3) is 4.94. The van der Waals surface area contributed by atoms with Crippen LogP contribution in [0.3, 0.4) is 0 Å². The molecule has 0 radical (unpaired) electrons. The van der Waals surface area contributed by atoms with Crippen LogP contribution >= 0.6 is 0 Å². The number of primary amides is 1. The van der Waals surface area contributed by atoms with E-state index in [9.17, 15) is 18.0 Å². The highest BCUT2D eigenvalue weighted by molar-refractivity contribution is 7.90. The predicted octanol–water partition coefficient (Wildman–Crippen LogP) is -1.85. The van der Waals surface area contributed by atoms with E-state index < -0.39 is 21.8 Å². The minimum Gasteiger partial charge on any atom is -0.399 e. The van der Waals surface area contributed by atoms with Crippen molar-refractivity contribution in [3.8, 4) is 0 Å². The highest BCUT2D eigenvalue weighted by Crippen LogP contribution is 2.12. The molecule has 19 heavy (non-hydrogen) atoms. The van der Waals surface area contributed by atoms with Gasteiger partial charge in [-0.2, -0.15) is 0 Å². The molecular weight excluding hydrogens is 272 g/mol. The summed E-state index contributed by atoms with van der Waals surface area (Å²) in [6, 6.07) is 5.52. The molecule has 0 aromatic heterocycles. The maximum atomic E-state index is 11.8. The number of benzene rings is 1. The molecule has 0 fully saturated rings. The van der Waals surface area contributed by atoms with Crippen molar-refractivity contribution >= 4 is 27.5 Å². The zero-order valence-corrected chi connectivity index (χ0v) is 10.7. The molecule has 104 valence electrons. The lowest BCUT2D eigenvalue weighted by atomic mass is 10.3. The minimum atomic E-state index is -3.97. The molecule has 0 spiro atoms. The Morgan fingerprint density at radius 2 is 1.89 bits per heavy atom. The first-order valence-corrected chi connectivity index (χ1v) is 6.70. The van der Waals surface area contributed by atoms with E-state index in [0.29, 0.717) is 0 Å². The molecule has 0 heterocycles. The lowest BCUT2D eigenvalue weighted by Gasteiger charge is -2.07. The van der Waals surface area contributed by atoms with Crippen molar-refractivity contribution in [2.45, 2.75) is 4.90 Å². The Balaban J connectivity index is 2.65. The number of sulfonamides is 1. The fourth-order valence-corrected chi connectivity index (χ4v) is 2.26. The summed E-state index contributed by atoms with van der Waals surface area (Å²) in [6.07, 6.45) is 0. The van der Waals surface area contributed by atoms with Crippen LogP contribution in [0.25, 0.3) is 0 Å². The lowest BCUT2D eigenvalue weighted by molar-refractivity contribution is -0.119. The Morgan fingerprint density at radius 1 is 1.21 bits per heavy atom. The zero-order chi connectivity index (χ0) is 14.5. The third-order valence-corrected chi connectivity index (χ3v) is 3.37. The van der Waals surface area contributed by atoms with E-state index >= 15 is 0 Å².